The van der Waals surface area contributed by atoms with Gasteiger partial charge in [-0.1, -0.05) is 29.8 Å². The molecule has 0 fully saturated rings. The van der Waals surface area contributed by atoms with Crippen LogP contribution in [0.2, 0.25) is 5.02 Å². The zero-order valence-electron chi connectivity index (χ0n) is 14.2. The summed E-state index contributed by atoms with van der Waals surface area (Å²) in [6.07, 6.45) is 0. The van der Waals surface area contributed by atoms with E-state index in [2.05, 4.69) is 5.32 Å². The Bertz CT molecular complexity index is 747. The van der Waals surface area contributed by atoms with Crippen molar-refractivity contribution in [3.8, 4) is 0 Å². The molecule has 0 atom stereocenters. The molecule has 0 heterocycles. The van der Waals surface area contributed by atoms with Gasteiger partial charge in [-0.05, 0) is 49.2 Å². The number of anilines is 1. The second-order valence-electron chi connectivity index (χ2n) is 5.42. The summed E-state index contributed by atoms with van der Waals surface area (Å²) in [6, 6.07) is 12.7. The average molecular weight is 378 g/mol. The van der Waals surface area contributed by atoms with Gasteiger partial charge in [-0.15, -0.1) is 11.8 Å². The standard InChI is InChI=1S/C19H20ClNO3S/c1-3-24-19(23)15-7-4-13(2)17(10-15)21-18(22)12-25-11-14-5-8-16(20)9-6-14/h4-10H,3,11-12H2,1-2H3,(H,21,22). The third kappa shape index (κ3) is 6.11. The Hall–Kier alpha value is -1.98. The first-order chi connectivity index (χ1) is 12.0. The summed E-state index contributed by atoms with van der Waals surface area (Å²) >= 11 is 7.37. The molecule has 25 heavy (non-hydrogen) atoms. The molecule has 0 aromatic heterocycles. The lowest BCUT2D eigenvalue weighted by atomic mass is 10.1. The fourth-order valence-corrected chi connectivity index (χ4v) is 3.04. The molecule has 1 amide bonds. The van der Waals surface area contributed by atoms with E-state index in [-0.39, 0.29) is 5.91 Å². The van der Waals surface area contributed by atoms with E-state index in [9.17, 15) is 9.59 Å². The SMILES string of the molecule is CCOC(=O)c1ccc(C)c(NC(=O)CSCc2ccc(Cl)cc2)c1. The van der Waals surface area contributed by atoms with Crippen molar-refractivity contribution in [2.24, 2.45) is 0 Å². The number of nitrogens with one attached hydrogen (secondary N) is 1. The molecule has 1 N–H and O–H groups in total. The van der Waals surface area contributed by atoms with E-state index < -0.39 is 5.97 Å². The Labute approximate surface area is 156 Å². The van der Waals surface area contributed by atoms with Gasteiger partial charge in [-0.2, -0.15) is 0 Å². The first kappa shape index (κ1) is 19.3. The predicted octanol–water partition coefficient (Wildman–Crippen LogP) is 4.70. The van der Waals surface area contributed by atoms with Crippen LogP contribution in [0.3, 0.4) is 0 Å². The van der Waals surface area contributed by atoms with E-state index in [0.717, 1.165) is 16.9 Å². The van der Waals surface area contributed by atoms with Crippen molar-refractivity contribution in [2.75, 3.05) is 17.7 Å². The second kappa shape index (κ2) is 9.49. The van der Waals surface area contributed by atoms with Crippen LogP contribution < -0.4 is 5.32 Å². The number of thioether (sulfide) groups is 1. The highest BCUT2D eigenvalue weighted by Gasteiger charge is 2.11. The maximum absolute atomic E-state index is 12.1. The molecule has 6 heteroatoms. The molecule has 132 valence electrons. The van der Waals surface area contributed by atoms with Crippen LogP contribution in [-0.2, 0) is 15.3 Å². The van der Waals surface area contributed by atoms with Crippen molar-refractivity contribution in [2.45, 2.75) is 19.6 Å². The molecule has 0 aliphatic carbocycles. The normalized spacial score (nSPS) is 10.4. The molecule has 0 bridgehead atoms. The third-order valence-electron chi connectivity index (χ3n) is 3.44. The van der Waals surface area contributed by atoms with Crippen molar-refractivity contribution in [3.63, 3.8) is 0 Å². The summed E-state index contributed by atoms with van der Waals surface area (Å²) in [7, 11) is 0. The average Bonchev–Trinajstić information content (AvgIpc) is 2.59. The van der Waals surface area contributed by atoms with Gasteiger partial charge in [0.25, 0.3) is 0 Å². The van der Waals surface area contributed by atoms with Crippen molar-refractivity contribution in [1.29, 1.82) is 0 Å². The van der Waals surface area contributed by atoms with Gasteiger partial charge in [0, 0.05) is 16.5 Å². The minimum Gasteiger partial charge on any atom is -0.462 e. The number of carbonyl (C=O) groups excluding carboxylic acids is 2. The molecule has 0 unspecified atom stereocenters. The Morgan fingerprint density at radius 3 is 2.56 bits per heavy atom. The molecule has 0 aliphatic rings. The number of carbonyl (C=O) groups is 2. The fourth-order valence-electron chi connectivity index (χ4n) is 2.13. The minimum atomic E-state index is -0.393. The predicted molar refractivity (Wildman–Crippen MR) is 103 cm³/mol. The molecule has 4 nitrogen and oxygen atoms in total. The topological polar surface area (TPSA) is 55.4 Å². The first-order valence-corrected chi connectivity index (χ1v) is 9.42. The number of aryl methyl sites for hydroxylation is 1. The number of benzene rings is 2. The molecule has 2 aromatic carbocycles. The number of halogens is 1. The van der Waals surface area contributed by atoms with Crippen molar-refractivity contribution in [1.82, 2.24) is 0 Å². The van der Waals surface area contributed by atoms with Crippen LogP contribution >= 0.6 is 23.4 Å². The van der Waals surface area contributed by atoms with E-state index in [4.69, 9.17) is 16.3 Å². The zero-order valence-corrected chi connectivity index (χ0v) is 15.7. The highest BCUT2D eigenvalue weighted by molar-refractivity contribution is 7.99. The lowest BCUT2D eigenvalue weighted by molar-refractivity contribution is -0.113. The Kier molecular flexibility index (Phi) is 7.34. The number of hydrogen-bond donors (Lipinski definition) is 1. The van der Waals surface area contributed by atoms with E-state index in [0.29, 0.717) is 28.6 Å². The van der Waals surface area contributed by atoms with Crippen molar-refractivity contribution >= 4 is 40.9 Å². The Balaban J connectivity index is 1.90. The van der Waals surface area contributed by atoms with Crippen LogP contribution in [0.25, 0.3) is 0 Å². The van der Waals surface area contributed by atoms with E-state index in [1.54, 1.807) is 25.1 Å². The smallest absolute Gasteiger partial charge is 0.338 e. The van der Waals surface area contributed by atoms with Gasteiger partial charge in [0.05, 0.1) is 17.9 Å². The number of esters is 1. The molecule has 0 aliphatic heterocycles. The van der Waals surface area contributed by atoms with E-state index in [1.165, 1.54) is 11.8 Å². The second-order valence-corrected chi connectivity index (χ2v) is 6.84. The van der Waals surface area contributed by atoms with Crippen LogP contribution in [0.1, 0.15) is 28.4 Å². The highest BCUT2D eigenvalue weighted by Crippen LogP contribution is 2.19. The quantitative estimate of drug-likeness (QED) is 0.711. The highest BCUT2D eigenvalue weighted by atomic mass is 35.5. The molecule has 0 radical (unpaired) electrons. The van der Waals surface area contributed by atoms with Gasteiger partial charge in [-0.25, -0.2) is 4.79 Å². The third-order valence-corrected chi connectivity index (χ3v) is 4.69. The molecule has 0 spiro atoms. The first-order valence-electron chi connectivity index (χ1n) is 7.89. The van der Waals surface area contributed by atoms with Gasteiger partial charge in [-0.3, -0.25) is 4.79 Å². The van der Waals surface area contributed by atoms with Crippen LogP contribution in [0.15, 0.2) is 42.5 Å². The van der Waals surface area contributed by atoms with E-state index >= 15 is 0 Å². The summed E-state index contributed by atoms with van der Waals surface area (Å²) in [5.74, 6) is 0.552. The van der Waals surface area contributed by atoms with Crippen molar-refractivity contribution < 1.29 is 14.3 Å². The van der Waals surface area contributed by atoms with Gasteiger partial charge in [0.1, 0.15) is 0 Å². The van der Waals surface area contributed by atoms with Gasteiger partial charge >= 0.3 is 5.97 Å². The lowest BCUT2D eigenvalue weighted by Gasteiger charge is -2.10. The molecular formula is C19H20ClNO3S. The van der Waals surface area contributed by atoms with Crippen LogP contribution in [-0.4, -0.2) is 24.2 Å². The molecule has 0 saturated heterocycles. The summed E-state index contributed by atoms with van der Waals surface area (Å²) in [5.41, 5.74) is 3.06. The summed E-state index contributed by atoms with van der Waals surface area (Å²) in [4.78, 5) is 23.9. The fraction of sp³-hybridized carbons (Fsp3) is 0.263. The maximum atomic E-state index is 12.1. The number of hydrogen-bond acceptors (Lipinski definition) is 4. The molecule has 0 saturated carbocycles. The van der Waals surface area contributed by atoms with Crippen LogP contribution in [0.4, 0.5) is 5.69 Å². The molecule has 2 rings (SSSR count). The monoisotopic (exact) mass is 377 g/mol. The maximum Gasteiger partial charge on any atom is 0.338 e. The Morgan fingerprint density at radius 1 is 1.16 bits per heavy atom. The van der Waals surface area contributed by atoms with Crippen LogP contribution in [0.5, 0.6) is 0 Å². The lowest BCUT2D eigenvalue weighted by Crippen LogP contribution is -2.16. The van der Waals surface area contributed by atoms with Gasteiger partial charge in [0.2, 0.25) is 5.91 Å². The zero-order chi connectivity index (χ0) is 18.2. The number of rotatable bonds is 7. The van der Waals surface area contributed by atoms with E-state index in [1.807, 2.05) is 31.2 Å². The molecular weight excluding hydrogens is 358 g/mol. The Morgan fingerprint density at radius 2 is 1.88 bits per heavy atom. The van der Waals surface area contributed by atoms with Gasteiger partial charge < -0.3 is 10.1 Å². The van der Waals surface area contributed by atoms with Gasteiger partial charge in [0.15, 0.2) is 0 Å². The summed E-state index contributed by atoms with van der Waals surface area (Å²) in [6.45, 7) is 3.95. The largest absolute Gasteiger partial charge is 0.462 e. The molecule has 2 aromatic rings. The summed E-state index contributed by atoms with van der Waals surface area (Å²) in [5, 5.41) is 3.55. The summed E-state index contributed by atoms with van der Waals surface area (Å²) < 4.78 is 4.98. The number of ether oxygens (including phenoxy) is 1. The van der Waals surface area contributed by atoms with Crippen molar-refractivity contribution in [3.05, 3.63) is 64.2 Å². The minimum absolute atomic E-state index is 0.108. The van der Waals surface area contributed by atoms with Crippen LogP contribution in [0, 0.1) is 6.92 Å². The number of amides is 1.